The zero-order valence-corrected chi connectivity index (χ0v) is 12.3. The first-order chi connectivity index (χ1) is 8.69. The Labute approximate surface area is 114 Å². The molecule has 0 atom stereocenters. The molecule has 2 N–H and O–H groups in total. The van der Waals surface area contributed by atoms with Crippen molar-refractivity contribution in [3.63, 3.8) is 0 Å². The third-order valence-corrected chi connectivity index (χ3v) is 3.40. The SMILES string of the molecule is CC(C)N(Cc1cccc(N)c1)C(=O)CS(C)(=O)=O. The minimum Gasteiger partial charge on any atom is -0.399 e. The number of hydrogen-bond acceptors (Lipinski definition) is 4. The molecule has 19 heavy (non-hydrogen) atoms. The molecule has 1 aromatic rings. The highest BCUT2D eigenvalue weighted by atomic mass is 32.2. The fourth-order valence-corrected chi connectivity index (χ4v) is 2.37. The van der Waals surface area contributed by atoms with Gasteiger partial charge in [0.2, 0.25) is 5.91 Å². The molecule has 0 radical (unpaired) electrons. The van der Waals surface area contributed by atoms with Crippen LogP contribution in [0.25, 0.3) is 0 Å². The predicted molar refractivity (Wildman–Crippen MR) is 76.3 cm³/mol. The fourth-order valence-electron chi connectivity index (χ4n) is 1.75. The van der Waals surface area contributed by atoms with Crippen LogP contribution in [-0.2, 0) is 21.2 Å². The second-order valence-electron chi connectivity index (χ2n) is 4.93. The topological polar surface area (TPSA) is 80.5 Å². The van der Waals surface area contributed by atoms with Crippen molar-refractivity contribution >= 4 is 21.4 Å². The average molecular weight is 284 g/mol. The molecule has 6 heteroatoms. The maximum Gasteiger partial charge on any atom is 0.238 e. The minimum absolute atomic E-state index is 0.0734. The molecule has 106 valence electrons. The van der Waals surface area contributed by atoms with Gasteiger partial charge in [0.15, 0.2) is 9.84 Å². The lowest BCUT2D eigenvalue weighted by molar-refractivity contribution is -0.130. The van der Waals surface area contributed by atoms with E-state index in [1.165, 1.54) is 4.90 Å². The molecular formula is C13H20N2O3S. The third-order valence-electron chi connectivity index (χ3n) is 2.63. The van der Waals surface area contributed by atoms with Crippen molar-refractivity contribution in [2.75, 3.05) is 17.7 Å². The number of amides is 1. The summed E-state index contributed by atoms with van der Waals surface area (Å²) in [5.74, 6) is -0.854. The Morgan fingerprint density at radius 1 is 1.37 bits per heavy atom. The summed E-state index contributed by atoms with van der Waals surface area (Å²) in [6.45, 7) is 4.07. The number of carbonyl (C=O) groups excluding carboxylic acids is 1. The Morgan fingerprint density at radius 2 is 2.00 bits per heavy atom. The standard InChI is InChI=1S/C13H20N2O3S/c1-10(2)15(13(16)9-19(3,17)18)8-11-5-4-6-12(14)7-11/h4-7,10H,8-9,14H2,1-3H3. The van der Waals surface area contributed by atoms with Gasteiger partial charge in [-0.15, -0.1) is 0 Å². The molecule has 0 aliphatic heterocycles. The first-order valence-electron chi connectivity index (χ1n) is 6.00. The molecule has 0 unspecified atom stereocenters. The number of nitrogens with zero attached hydrogens (tertiary/aromatic N) is 1. The smallest absolute Gasteiger partial charge is 0.238 e. The highest BCUT2D eigenvalue weighted by Crippen LogP contribution is 2.12. The number of sulfone groups is 1. The predicted octanol–water partition coefficient (Wildman–Crippen LogP) is 1.05. The minimum atomic E-state index is -3.32. The Bertz CT molecular complexity index is 553. The molecule has 0 aliphatic rings. The van der Waals surface area contributed by atoms with Gasteiger partial charge in [0.1, 0.15) is 5.75 Å². The van der Waals surface area contributed by atoms with Crippen molar-refractivity contribution in [2.45, 2.75) is 26.4 Å². The molecular weight excluding hydrogens is 264 g/mol. The zero-order valence-electron chi connectivity index (χ0n) is 11.5. The van der Waals surface area contributed by atoms with Gasteiger partial charge in [-0.05, 0) is 31.5 Å². The normalized spacial score (nSPS) is 11.6. The average Bonchev–Trinajstić information content (AvgIpc) is 2.23. The maximum absolute atomic E-state index is 12.0. The Hall–Kier alpha value is -1.56. The van der Waals surface area contributed by atoms with E-state index in [-0.39, 0.29) is 11.9 Å². The number of anilines is 1. The highest BCUT2D eigenvalue weighted by Gasteiger charge is 2.21. The summed E-state index contributed by atoms with van der Waals surface area (Å²) < 4.78 is 22.4. The summed E-state index contributed by atoms with van der Waals surface area (Å²) in [5.41, 5.74) is 7.20. The second-order valence-corrected chi connectivity index (χ2v) is 7.07. The molecule has 0 heterocycles. The monoisotopic (exact) mass is 284 g/mol. The van der Waals surface area contributed by atoms with Crippen LogP contribution in [0.1, 0.15) is 19.4 Å². The summed E-state index contributed by atoms with van der Waals surface area (Å²) in [6.07, 6.45) is 1.06. The number of carbonyl (C=O) groups is 1. The second kappa shape index (κ2) is 6.06. The molecule has 0 fully saturated rings. The molecule has 0 aliphatic carbocycles. The van der Waals surface area contributed by atoms with Crippen molar-refractivity contribution in [3.05, 3.63) is 29.8 Å². The van der Waals surface area contributed by atoms with E-state index < -0.39 is 15.6 Å². The summed E-state index contributed by atoms with van der Waals surface area (Å²) in [6, 6.07) is 7.14. The van der Waals surface area contributed by atoms with Gasteiger partial charge in [-0.2, -0.15) is 0 Å². The molecule has 1 amide bonds. The number of hydrogen-bond donors (Lipinski definition) is 1. The summed E-state index contributed by atoms with van der Waals surface area (Å²) >= 11 is 0. The fraction of sp³-hybridized carbons (Fsp3) is 0.462. The lowest BCUT2D eigenvalue weighted by Crippen LogP contribution is -2.39. The molecule has 5 nitrogen and oxygen atoms in total. The Balaban J connectivity index is 2.87. The summed E-state index contributed by atoms with van der Waals surface area (Å²) in [7, 11) is -3.32. The van der Waals surface area contributed by atoms with Gasteiger partial charge >= 0.3 is 0 Å². The molecule has 0 spiro atoms. The van der Waals surface area contributed by atoms with Crippen LogP contribution in [0.2, 0.25) is 0 Å². The largest absolute Gasteiger partial charge is 0.399 e. The first kappa shape index (κ1) is 15.5. The van der Waals surface area contributed by atoms with Crippen LogP contribution in [0, 0.1) is 0 Å². The first-order valence-corrected chi connectivity index (χ1v) is 8.06. The van der Waals surface area contributed by atoms with Crippen molar-refractivity contribution in [3.8, 4) is 0 Å². The lowest BCUT2D eigenvalue weighted by Gasteiger charge is -2.26. The number of benzene rings is 1. The molecule has 0 bridgehead atoms. The molecule has 1 rings (SSSR count). The summed E-state index contributed by atoms with van der Waals surface area (Å²) in [5, 5.41) is 0. The molecule has 0 saturated carbocycles. The van der Waals surface area contributed by atoms with E-state index in [4.69, 9.17) is 5.73 Å². The number of rotatable bonds is 5. The summed E-state index contributed by atoms with van der Waals surface area (Å²) in [4.78, 5) is 13.5. The van der Waals surface area contributed by atoms with Gasteiger partial charge in [0.05, 0.1) is 0 Å². The van der Waals surface area contributed by atoms with Crippen molar-refractivity contribution < 1.29 is 13.2 Å². The molecule has 1 aromatic carbocycles. The van der Waals surface area contributed by atoms with Gasteiger partial charge in [0.25, 0.3) is 0 Å². The third kappa shape index (κ3) is 5.30. The van der Waals surface area contributed by atoms with E-state index in [0.717, 1.165) is 11.8 Å². The zero-order chi connectivity index (χ0) is 14.6. The van der Waals surface area contributed by atoms with Gasteiger partial charge in [-0.3, -0.25) is 4.79 Å². The molecule has 0 saturated heterocycles. The van der Waals surface area contributed by atoms with Gasteiger partial charge in [-0.1, -0.05) is 12.1 Å². The highest BCUT2D eigenvalue weighted by molar-refractivity contribution is 7.91. The van der Waals surface area contributed by atoms with E-state index >= 15 is 0 Å². The van der Waals surface area contributed by atoms with Gasteiger partial charge < -0.3 is 10.6 Å². The van der Waals surface area contributed by atoms with Gasteiger partial charge in [0, 0.05) is 24.5 Å². The van der Waals surface area contributed by atoms with Crippen LogP contribution in [0.4, 0.5) is 5.69 Å². The number of nitrogen functional groups attached to an aromatic ring is 1. The van der Waals surface area contributed by atoms with Crippen LogP contribution in [-0.4, -0.2) is 37.3 Å². The molecule has 0 aromatic heterocycles. The quantitative estimate of drug-likeness (QED) is 0.820. The maximum atomic E-state index is 12.0. The van der Waals surface area contributed by atoms with Crippen molar-refractivity contribution in [2.24, 2.45) is 0 Å². The van der Waals surface area contributed by atoms with Gasteiger partial charge in [-0.25, -0.2) is 8.42 Å². The lowest BCUT2D eigenvalue weighted by atomic mass is 10.1. The van der Waals surface area contributed by atoms with E-state index in [2.05, 4.69) is 0 Å². The van der Waals surface area contributed by atoms with Crippen molar-refractivity contribution in [1.82, 2.24) is 4.90 Å². The van der Waals surface area contributed by atoms with Crippen LogP contribution in [0.15, 0.2) is 24.3 Å². The van der Waals surface area contributed by atoms with Crippen molar-refractivity contribution in [1.29, 1.82) is 0 Å². The van der Waals surface area contributed by atoms with Crippen LogP contribution in [0.3, 0.4) is 0 Å². The van der Waals surface area contributed by atoms with Crippen LogP contribution < -0.4 is 5.73 Å². The van der Waals surface area contributed by atoms with E-state index in [1.54, 1.807) is 12.1 Å². The van der Waals surface area contributed by atoms with Crippen LogP contribution in [0.5, 0.6) is 0 Å². The number of nitrogens with two attached hydrogens (primary N) is 1. The Morgan fingerprint density at radius 3 is 2.47 bits per heavy atom. The van der Waals surface area contributed by atoms with Crippen LogP contribution >= 0.6 is 0 Å². The van der Waals surface area contributed by atoms with E-state index in [1.807, 2.05) is 26.0 Å². The van der Waals surface area contributed by atoms with E-state index in [0.29, 0.717) is 12.2 Å². The van der Waals surface area contributed by atoms with E-state index in [9.17, 15) is 13.2 Å². The Kier molecular flexibility index (Phi) is 4.94.